The Bertz CT molecular complexity index is 970. The third-order valence-electron chi connectivity index (χ3n) is 5.14. The summed E-state index contributed by atoms with van der Waals surface area (Å²) in [7, 11) is 0. The van der Waals surface area contributed by atoms with Crippen LogP contribution in [0.25, 0.3) is 6.08 Å². The Kier molecular flexibility index (Phi) is 7.82. The minimum absolute atomic E-state index is 0.0264. The van der Waals surface area contributed by atoms with Crippen LogP contribution < -0.4 is 5.32 Å². The number of aryl methyl sites for hydroxylation is 1. The van der Waals surface area contributed by atoms with Gasteiger partial charge < -0.3 is 5.32 Å². The molecule has 1 saturated heterocycles. The summed E-state index contributed by atoms with van der Waals surface area (Å²) < 4.78 is 0.606. The molecule has 0 atom stereocenters. The Morgan fingerprint density at radius 2 is 1.83 bits per heavy atom. The van der Waals surface area contributed by atoms with E-state index in [1.165, 1.54) is 11.8 Å². The molecule has 1 heterocycles. The number of carbonyl (C=O) groups is 2. The molecule has 30 heavy (non-hydrogen) atoms. The van der Waals surface area contributed by atoms with Crippen LogP contribution in [0.4, 0.5) is 5.69 Å². The topological polar surface area (TPSA) is 49.4 Å². The Hall–Kier alpha value is -2.44. The molecule has 156 valence electrons. The van der Waals surface area contributed by atoms with Crippen molar-refractivity contribution in [1.29, 1.82) is 0 Å². The van der Waals surface area contributed by atoms with Crippen LogP contribution in [0, 0.1) is 13.8 Å². The molecule has 6 heteroatoms. The van der Waals surface area contributed by atoms with Crippen molar-refractivity contribution in [1.82, 2.24) is 4.90 Å². The second-order valence-electron chi connectivity index (χ2n) is 7.35. The monoisotopic (exact) mass is 438 g/mol. The van der Waals surface area contributed by atoms with Gasteiger partial charge in [-0.25, -0.2) is 0 Å². The van der Waals surface area contributed by atoms with Crippen LogP contribution in [0.3, 0.4) is 0 Å². The van der Waals surface area contributed by atoms with E-state index in [9.17, 15) is 9.59 Å². The number of unbranched alkanes of at least 4 members (excludes halogenated alkanes) is 2. The third-order valence-corrected chi connectivity index (χ3v) is 6.51. The maximum absolute atomic E-state index is 12.6. The number of rotatable bonds is 8. The van der Waals surface area contributed by atoms with Gasteiger partial charge in [0.15, 0.2) is 0 Å². The molecule has 2 amide bonds. The third kappa shape index (κ3) is 5.80. The number of benzene rings is 2. The maximum atomic E-state index is 12.6. The fourth-order valence-electron chi connectivity index (χ4n) is 3.22. The molecule has 2 aromatic rings. The lowest BCUT2D eigenvalue weighted by Crippen LogP contribution is -2.29. The van der Waals surface area contributed by atoms with Gasteiger partial charge in [-0.05, 0) is 55.5 Å². The van der Waals surface area contributed by atoms with Gasteiger partial charge in [0.25, 0.3) is 5.91 Å². The van der Waals surface area contributed by atoms with Crippen molar-refractivity contribution in [2.24, 2.45) is 0 Å². The van der Waals surface area contributed by atoms with Gasteiger partial charge in [0.05, 0.1) is 4.91 Å². The van der Waals surface area contributed by atoms with Crippen LogP contribution in [0.1, 0.15) is 42.4 Å². The molecule has 0 bridgehead atoms. The SMILES string of the molecule is Cc1cccc(NC(=O)CCCCCN2C(=O)C(=Cc3ccccc3)SC2=S)c1C. The molecule has 3 rings (SSSR count). The predicted octanol–water partition coefficient (Wildman–Crippen LogP) is 5.70. The molecule has 1 N–H and O–H groups in total. The first kappa shape index (κ1) is 22.2. The molecule has 1 fully saturated rings. The largest absolute Gasteiger partial charge is 0.326 e. The maximum Gasteiger partial charge on any atom is 0.266 e. The number of hydrogen-bond acceptors (Lipinski definition) is 4. The number of thioether (sulfide) groups is 1. The molecule has 0 aromatic heterocycles. The Labute approximate surface area is 187 Å². The molecule has 0 aliphatic carbocycles. The standard InChI is InChI=1S/C24H26N2O2S2/c1-17-10-9-13-20(18(17)2)25-22(27)14-7-4-8-15-26-23(28)21(30-24(26)29)16-19-11-5-3-6-12-19/h3,5-6,9-13,16H,4,7-8,14-15H2,1-2H3,(H,25,27). The van der Waals surface area contributed by atoms with Crippen LogP contribution in [-0.4, -0.2) is 27.6 Å². The molecular weight excluding hydrogens is 412 g/mol. The van der Waals surface area contributed by atoms with Gasteiger partial charge in [-0.2, -0.15) is 0 Å². The zero-order valence-corrected chi connectivity index (χ0v) is 18.9. The summed E-state index contributed by atoms with van der Waals surface area (Å²) in [4.78, 5) is 27.2. The normalized spacial score (nSPS) is 15.1. The molecule has 1 aliphatic heterocycles. The number of amides is 2. The van der Waals surface area contributed by atoms with Gasteiger partial charge in [0.2, 0.25) is 5.91 Å². The molecule has 1 aliphatic rings. The van der Waals surface area contributed by atoms with Crippen molar-refractivity contribution in [2.75, 3.05) is 11.9 Å². The molecule has 0 unspecified atom stereocenters. The zero-order chi connectivity index (χ0) is 21.5. The predicted molar refractivity (Wildman–Crippen MR) is 129 cm³/mol. The van der Waals surface area contributed by atoms with Crippen LogP contribution in [-0.2, 0) is 9.59 Å². The lowest BCUT2D eigenvalue weighted by Gasteiger charge is -2.14. The first-order valence-corrected chi connectivity index (χ1v) is 11.3. The highest BCUT2D eigenvalue weighted by Gasteiger charge is 2.31. The summed E-state index contributed by atoms with van der Waals surface area (Å²) in [6, 6.07) is 15.7. The fraction of sp³-hybridized carbons (Fsp3) is 0.292. The minimum Gasteiger partial charge on any atom is -0.326 e. The molecule has 0 saturated carbocycles. The number of carbonyl (C=O) groups excluding carboxylic acids is 2. The molecule has 2 aromatic carbocycles. The van der Waals surface area contributed by atoms with E-state index in [-0.39, 0.29) is 11.8 Å². The van der Waals surface area contributed by atoms with Crippen LogP contribution in [0.15, 0.2) is 53.4 Å². The van der Waals surface area contributed by atoms with Crippen LogP contribution >= 0.6 is 24.0 Å². The van der Waals surface area contributed by atoms with E-state index in [1.54, 1.807) is 4.90 Å². The van der Waals surface area contributed by atoms with Crippen LogP contribution in [0.5, 0.6) is 0 Å². The number of anilines is 1. The first-order chi connectivity index (χ1) is 14.5. The number of nitrogens with one attached hydrogen (secondary N) is 1. The highest BCUT2D eigenvalue weighted by atomic mass is 32.2. The quantitative estimate of drug-likeness (QED) is 0.326. The van der Waals surface area contributed by atoms with E-state index in [4.69, 9.17) is 12.2 Å². The van der Waals surface area contributed by atoms with Gasteiger partial charge in [-0.15, -0.1) is 0 Å². The number of nitrogens with zero attached hydrogens (tertiary/aromatic N) is 1. The van der Waals surface area contributed by atoms with Gasteiger partial charge in [0.1, 0.15) is 4.32 Å². The molecule has 0 radical (unpaired) electrons. The van der Waals surface area contributed by atoms with E-state index in [0.717, 1.165) is 41.6 Å². The minimum atomic E-state index is -0.0264. The van der Waals surface area contributed by atoms with E-state index >= 15 is 0 Å². The van der Waals surface area contributed by atoms with Gasteiger partial charge in [-0.1, -0.05) is 72.9 Å². The van der Waals surface area contributed by atoms with Gasteiger partial charge in [-0.3, -0.25) is 14.5 Å². The number of thiocarbonyl (C=S) groups is 1. The van der Waals surface area contributed by atoms with E-state index < -0.39 is 0 Å². The summed E-state index contributed by atoms with van der Waals surface area (Å²) in [5.41, 5.74) is 4.14. The molecular formula is C24H26N2O2S2. The smallest absolute Gasteiger partial charge is 0.266 e. The highest BCUT2D eigenvalue weighted by Crippen LogP contribution is 2.32. The van der Waals surface area contributed by atoms with Crippen molar-refractivity contribution in [3.8, 4) is 0 Å². The van der Waals surface area contributed by atoms with Crippen molar-refractivity contribution >= 4 is 51.9 Å². The van der Waals surface area contributed by atoms with Gasteiger partial charge >= 0.3 is 0 Å². The Morgan fingerprint density at radius 1 is 1.07 bits per heavy atom. The second-order valence-corrected chi connectivity index (χ2v) is 9.03. The van der Waals surface area contributed by atoms with E-state index in [0.29, 0.717) is 22.2 Å². The van der Waals surface area contributed by atoms with Crippen molar-refractivity contribution in [3.05, 3.63) is 70.1 Å². The van der Waals surface area contributed by atoms with Gasteiger partial charge in [0, 0.05) is 18.7 Å². The highest BCUT2D eigenvalue weighted by molar-refractivity contribution is 8.26. The lowest BCUT2D eigenvalue weighted by atomic mass is 10.1. The van der Waals surface area contributed by atoms with Crippen molar-refractivity contribution < 1.29 is 9.59 Å². The zero-order valence-electron chi connectivity index (χ0n) is 17.3. The average Bonchev–Trinajstić information content (AvgIpc) is 2.99. The fourth-order valence-corrected chi connectivity index (χ4v) is 4.53. The van der Waals surface area contributed by atoms with Crippen molar-refractivity contribution in [2.45, 2.75) is 39.5 Å². The number of hydrogen-bond donors (Lipinski definition) is 1. The average molecular weight is 439 g/mol. The van der Waals surface area contributed by atoms with Crippen LogP contribution in [0.2, 0.25) is 0 Å². The van der Waals surface area contributed by atoms with Crippen molar-refractivity contribution in [3.63, 3.8) is 0 Å². The summed E-state index contributed by atoms with van der Waals surface area (Å²) in [6.07, 6.45) is 4.83. The summed E-state index contributed by atoms with van der Waals surface area (Å²) in [5.74, 6) is 0.00150. The Morgan fingerprint density at radius 3 is 2.60 bits per heavy atom. The molecule has 0 spiro atoms. The van der Waals surface area contributed by atoms with E-state index in [2.05, 4.69) is 5.32 Å². The Balaban J connectivity index is 1.41. The first-order valence-electron chi connectivity index (χ1n) is 10.1. The van der Waals surface area contributed by atoms with E-state index in [1.807, 2.05) is 68.5 Å². The summed E-state index contributed by atoms with van der Waals surface area (Å²) in [6.45, 7) is 4.64. The lowest BCUT2D eigenvalue weighted by molar-refractivity contribution is -0.122. The summed E-state index contributed by atoms with van der Waals surface area (Å²) >= 11 is 6.74. The second kappa shape index (κ2) is 10.5. The summed E-state index contributed by atoms with van der Waals surface area (Å²) in [5, 5.41) is 2.99. The molecule has 4 nitrogen and oxygen atoms in total.